The Balaban J connectivity index is 2.03. The van der Waals surface area contributed by atoms with Gasteiger partial charge in [0.2, 0.25) is 0 Å². The van der Waals surface area contributed by atoms with Gasteiger partial charge in [0.15, 0.2) is 5.78 Å². The van der Waals surface area contributed by atoms with Gasteiger partial charge in [0.1, 0.15) is 0 Å². The quantitative estimate of drug-likeness (QED) is 0.761. The van der Waals surface area contributed by atoms with Crippen molar-refractivity contribution in [2.45, 2.75) is 25.9 Å². The molecule has 1 aromatic carbocycles. The lowest BCUT2D eigenvalue weighted by Gasteiger charge is -2.40. The maximum absolute atomic E-state index is 12.4. The summed E-state index contributed by atoms with van der Waals surface area (Å²) in [6.07, 6.45) is 0. The standard InChI is InChI=1S/C15H22N2O/c1-12-11-17(10-9-16(12)3)13(2)15(18)14-7-5-4-6-8-14/h4-8,12-13H,9-11H2,1-3H3. The number of nitrogens with zero attached hydrogens (tertiary/aromatic N) is 2. The van der Waals surface area contributed by atoms with E-state index in [1.54, 1.807) is 0 Å². The van der Waals surface area contributed by atoms with Crippen molar-refractivity contribution in [1.29, 1.82) is 0 Å². The van der Waals surface area contributed by atoms with Crippen molar-refractivity contribution in [2.75, 3.05) is 26.7 Å². The van der Waals surface area contributed by atoms with Crippen LogP contribution in [-0.4, -0.2) is 54.3 Å². The molecule has 2 atom stereocenters. The Hall–Kier alpha value is -1.19. The molecular weight excluding hydrogens is 224 g/mol. The van der Waals surface area contributed by atoms with E-state index in [0.29, 0.717) is 6.04 Å². The third kappa shape index (κ3) is 2.79. The zero-order chi connectivity index (χ0) is 13.1. The molecule has 2 rings (SSSR count). The van der Waals surface area contributed by atoms with Crippen LogP contribution < -0.4 is 0 Å². The lowest BCUT2D eigenvalue weighted by Crippen LogP contribution is -2.54. The highest BCUT2D eigenvalue weighted by atomic mass is 16.1. The number of ketones is 1. The average molecular weight is 246 g/mol. The van der Waals surface area contributed by atoms with Crippen molar-refractivity contribution in [1.82, 2.24) is 9.80 Å². The third-order valence-corrected chi connectivity index (χ3v) is 3.98. The molecule has 0 amide bonds. The Labute approximate surface area is 109 Å². The third-order valence-electron chi connectivity index (χ3n) is 3.98. The van der Waals surface area contributed by atoms with E-state index in [9.17, 15) is 4.79 Å². The van der Waals surface area contributed by atoms with Gasteiger partial charge in [0, 0.05) is 31.2 Å². The predicted molar refractivity (Wildman–Crippen MR) is 73.9 cm³/mol. The molecule has 1 fully saturated rings. The van der Waals surface area contributed by atoms with Gasteiger partial charge in [-0.15, -0.1) is 0 Å². The number of rotatable bonds is 3. The van der Waals surface area contributed by atoms with Crippen molar-refractivity contribution in [2.24, 2.45) is 0 Å². The Morgan fingerprint density at radius 3 is 2.56 bits per heavy atom. The van der Waals surface area contributed by atoms with Gasteiger partial charge in [0.25, 0.3) is 0 Å². The second kappa shape index (κ2) is 5.63. The highest BCUT2D eigenvalue weighted by Gasteiger charge is 2.28. The Kier molecular flexibility index (Phi) is 4.15. The molecule has 0 aromatic heterocycles. The Morgan fingerprint density at radius 1 is 1.28 bits per heavy atom. The normalized spacial score (nSPS) is 23.8. The molecule has 0 spiro atoms. The molecule has 0 N–H and O–H groups in total. The topological polar surface area (TPSA) is 23.6 Å². The van der Waals surface area contributed by atoms with Gasteiger partial charge in [-0.25, -0.2) is 0 Å². The van der Waals surface area contributed by atoms with Crippen LogP contribution in [0, 0.1) is 0 Å². The summed E-state index contributed by atoms with van der Waals surface area (Å²) in [5.74, 6) is 0.229. The number of likely N-dealkylation sites (N-methyl/N-ethyl adjacent to an activating group) is 1. The SMILES string of the molecule is CC1CN(C(C)C(=O)c2ccccc2)CCN1C. The summed E-state index contributed by atoms with van der Waals surface area (Å²) in [6.45, 7) is 7.21. The first kappa shape index (κ1) is 13.2. The molecule has 1 aliphatic heterocycles. The van der Waals surface area contributed by atoms with Crippen molar-refractivity contribution in [3.05, 3.63) is 35.9 Å². The first-order valence-corrected chi connectivity index (χ1v) is 6.63. The smallest absolute Gasteiger partial charge is 0.179 e. The van der Waals surface area contributed by atoms with Crippen LogP contribution in [0.5, 0.6) is 0 Å². The highest BCUT2D eigenvalue weighted by Crippen LogP contribution is 2.14. The number of benzene rings is 1. The maximum atomic E-state index is 12.4. The maximum Gasteiger partial charge on any atom is 0.179 e. The van der Waals surface area contributed by atoms with Crippen LogP contribution in [0.15, 0.2) is 30.3 Å². The first-order valence-electron chi connectivity index (χ1n) is 6.63. The fourth-order valence-electron chi connectivity index (χ4n) is 2.44. The zero-order valence-electron chi connectivity index (χ0n) is 11.5. The van der Waals surface area contributed by atoms with Crippen LogP contribution in [0.1, 0.15) is 24.2 Å². The molecule has 1 aromatic rings. The molecule has 3 nitrogen and oxygen atoms in total. The van der Waals surface area contributed by atoms with E-state index >= 15 is 0 Å². The number of hydrogen-bond acceptors (Lipinski definition) is 3. The summed E-state index contributed by atoms with van der Waals surface area (Å²) in [5.41, 5.74) is 0.816. The van der Waals surface area contributed by atoms with E-state index in [1.807, 2.05) is 37.3 Å². The minimum atomic E-state index is -0.0245. The Morgan fingerprint density at radius 2 is 1.94 bits per heavy atom. The van der Waals surface area contributed by atoms with Gasteiger partial charge in [-0.2, -0.15) is 0 Å². The lowest BCUT2D eigenvalue weighted by atomic mass is 10.0. The van der Waals surface area contributed by atoms with Gasteiger partial charge in [-0.1, -0.05) is 30.3 Å². The zero-order valence-corrected chi connectivity index (χ0v) is 11.5. The van der Waals surface area contributed by atoms with E-state index in [0.717, 1.165) is 25.2 Å². The summed E-state index contributed by atoms with van der Waals surface area (Å²) in [6, 6.07) is 10.1. The number of hydrogen-bond donors (Lipinski definition) is 0. The van der Waals surface area contributed by atoms with E-state index in [1.165, 1.54) is 0 Å². The number of carbonyl (C=O) groups is 1. The predicted octanol–water partition coefficient (Wildman–Crippen LogP) is 1.89. The molecule has 2 unspecified atom stereocenters. The number of Topliss-reactive ketones (excluding diaryl/α,β-unsaturated/α-hetero) is 1. The van der Waals surface area contributed by atoms with E-state index < -0.39 is 0 Å². The van der Waals surface area contributed by atoms with E-state index in [-0.39, 0.29) is 11.8 Å². The molecule has 18 heavy (non-hydrogen) atoms. The lowest BCUT2D eigenvalue weighted by molar-refractivity contribution is 0.0603. The summed E-state index contributed by atoms with van der Waals surface area (Å²) < 4.78 is 0. The number of carbonyl (C=O) groups excluding carboxylic acids is 1. The summed E-state index contributed by atoms with van der Waals surface area (Å²) >= 11 is 0. The molecule has 1 saturated heterocycles. The van der Waals surface area contributed by atoms with E-state index in [4.69, 9.17) is 0 Å². The minimum Gasteiger partial charge on any atom is -0.301 e. The second-order valence-electron chi connectivity index (χ2n) is 5.23. The van der Waals surface area contributed by atoms with Gasteiger partial charge in [-0.05, 0) is 20.9 Å². The summed E-state index contributed by atoms with van der Waals surface area (Å²) in [4.78, 5) is 17.0. The fraction of sp³-hybridized carbons (Fsp3) is 0.533. The van der Waals surface area contributed by atoms with Gasteiger partial charge in [0.05, 0.1) is 6.04 Å². The van der Waals surface area contributed by atoms with Gasteiger partial charge in [-0.3, -0.25) is 9.69 Å². The number of piperazine rings is 1. The molecule has 0 saturated carbocycles. The van der Waals surface area contributed by atoms with E-state index in [2.05, 4.69) is 23.8 Å². The average Bonchev–Trinajstić information content (AvgIpc) is 2.41. The van der Waals surface area contributed by atoms with Crippen LogP contribution in [0.4, 0.5) is 0 Å². The largest absolute Gasteiger partial charge is 0.301 e. The van der Waals surface area contributed by atoms with Crippen LogP contribution >= 0.6 is 0 Å². The molecule has 1 aliphatic rings. The van der Waals surface area contributed by atoms with Crippen LogP contribution in [0.25, 0.3) is 0 Å². The van der Waals surface area contributed by atoms with Crippen molar-refractivity contribution >= 4 is 5.78 Å². The van der Waals surface area contributed by atoms with Crippen molar-refractivity contribution in [3.63, 3.8) is 0 Å². The second-order valence-corrected chi connectivity index (χ2v) is 5.23. The molecule has 0 aliphatic carbocycles. The first-order chi connectivity index (χ1) is 8.59. The molecule has 1 heterocycles. The highest BCUT2D eigenvalue weighted by molar-refractivity contribution is 5.99. The molecule has 0 radical (unpaired) electrons. The van der Waals surface area contributed by atoms with Crippen LogP contribution in [0.2, 0.25) is 0 Å². The molecule has 98 valence electrons. The van der Waals surface area contributed by atoms with Gasteiger partial charge < -0.3 is 4.90 Å². The van der Waals surface area contributed by atoms with Crippen molar-refractivity contribution in [3.8, 4) is 0 Å². The summed E-state index contributed by atoms with van der Waals surface area (Å²) in [5, 5.41) is 0. The minimum absolute atomic E-state index is 0.0245. The molecular formula is C15H22N2O. The Bertz CT molecular complexity index is 404. The summed E-state index contributed by atoms with van der Waals surface area (Å²) in [7, 11) is 2.14. The monoisotopic (exact) mass is 246 g/mol. The van der Waals surface area contributed by atoms with Gasteiger partial charge >= 0.3 is 0 Å². The van der Waals surface area contributed by atoms with Crippen LogP contribution in [-0.2, 0) is 0 Å². The molecule has 3 heteroatoms. The molecule has 0 bridgehead atoms. The fourth-order valence-corrected chi connectivity index (χ4v) is 2.44. The van der Waals surface area contributed by atoms with Crippen LogP contribution in [0.3, 0.4) is 0 Å². The van der Waals surface area contributed by atoms with Crippen molar-refractivity contribution < 1.29 is 4.79 Å².